The van der Waals surface area contributed by atoms with Gasteiger partial charge in [-0.2, -0.15) is 0 Å². The molecule has 0 unspecified atom stereocenters. The topological polar surface area (TPSA) is 20.3 Å². The Morgan fingerprint density at radius 2 is 2.00 bits per heavy atom. The van der Waals surface area contributed by atoms with Crippen LogP contribution in [0.3, 0.4) is 0 Å². The highest BCUT2D eigenvalue weighted by molar-refractivity contribution is 5.73. The Bertz CT molecular complexity index is 197. The van der Waals surface area contributed by atoms with Crippen LogP contribution in [-0.4, -0.2) is 23.9 Å². The number of hydrogen-bond donors (Lipinski definition) is 0. The smallest absolute Gasteiger partial charge is 0.219 e. The second kappa shape index (κ2) is 6.14. The van der Waals surface area contributed by atoms with Crippen LogP contribution < -0.4 is 0 Å². The number of rotatable bonds is 7. The summed E-state index contributed by atoms with van der Waals surface area (Å²) in [6.45, 7) is 8.19. The summed E-state index contributed by atoms with van der Waals surface area (Å²) in [4.78, 5) is 13.4. The Hall–Kier alpha value is -0.530. The van der Waals surface area contributed by atoms with Gasteiger partial charge in [-0.15, -0.1) is 0 Å². The molecule has 0 bridgehead atoms. The maximum absolute atomic E-state index is 11.4. The third kappa shape index (κ3) is 5.81. The Morgan fingerprint density at radius 3 is 2.47 bits per heavy atom. The molecule has 0 aromatic rings. The van der Waals surface area contributed by atoms with Gasteiger partial charge in [-0.3, -0.25) is 4.79 Å². The predicted molar refractivity (Wildman–Crippen MR) is 63.7 cm³/mol. The zero-order valence-corrected chi connectivity index (χ0v) is 10.5. The maximum Gasteiger partial charge on any atom is 0.219 e. The lowest BCUT2D eigenvalue weighted by Gasteiger charge is -2.20. The third-order valence-corrected chi connectivity index (χ3v) is 3.08. The first-order valence-electron chi connectivity index (χ1n) is 6.35. The van der Waals surface area contributed by atoms with E-state index in [9.17, 15) is 4.79 Å². The molecule has 0 N–H and O–H groups in total. The molecule has 1 saturated carbocycles. The standard InChI is InChI=1S/C13H25NO/c1-11(2)6-4-5-9-14(12(3)15)10-13-7-8-13/h11,13H,4-10H2,1-3H3. The number of amides is 1. The molecule has 1 aliphatic rings. The molecule has 0 radical (unpaired) electrons. The lowest BCUT2D eigenvalue weighted by molar-refractivity contribution is -0.129. The van der Waals surface area contributed by atoms with Gasteiger partial charge < -0.3 is 4.90 Å². The van der Waals surface area contributed by atoms with Gasteiger partial charge in [-0.25, -0.2) is 0 Å². The summed E-state index contributed by atoms with van der Waals surface area (Å²) in [6, 6.07) is 0. The van der Waals surface area contributed by atoms with E-state index in [0.717, 1.165) is 24.9 Å². The second-order valence-corrected chi connectivity index (χ2v) is 5.30. The van der Waals surface area contributed by atoms with Crippen LogP contribution in [0.1, 0.15) is 52.9 Å². The van der Waals surface area contributed by atoms with E-state index in [0.29, 0.717) is 0 Å². The fourth-order valence-corrected chi connectivity index (χ4v) is 1.84. The molecule has 0 saturated heterocycles. The molecular formula is C13H25NO. The van der Waals surface area contributed by atoms with Crippen molar-refractivity contribution in [3.63, 3.8) is 0 Å². The van der Waals surface area contributed by atoms with E-state index in [1.54, 1.807) is 6.92 Å². The van der Waals surface area contributed by atoms with E-state index in [-0.39, 0.29) is 5.91 Å². The average molecular weight is 211 g/mol. The Labute approximate surface area is 94.0 Å². The minimum Gasteiger partial charge on any atom is -0.343 e. The first-order chi connectivity index (χ1) is 7.09. The van der Waals surface area contributed by atoms with Crippen molar-refractivity contribution in [3.05, 3.63) is 0 Å². The van der Waals surface area contributed by atoms with Crippen LogP contribution in [0.15, 0.2) is 0 Å². The minimum absolute atomic E-state index is 0.256. The van der Waals surface area contributed by atoms with Crippen LogP contribution in [0.5, 0.6) is 0 Å². The minimum atomic E-state index is 0.256. The first-order valence-corrected chi connectivity index (χ1v) is 6.35. The van der Waals surface area contributed by atoms with Gasteiger partial charge in [0.25, 0.3) is 0 Å². The Balaban J connectivity index is 2.10. The van der Waals surface area contributed by atoms with Crippen molar-refractivity contribution in [2.75, 3.05) is 13.1 Å². The van der Waals surface area contributed by atoms with Crippen molar-refractivity contribution in [1.82, 2.24) is 4.90 Å². The van der Waals surface area contributed by atoms with Gasteiger partial charge in [0.1, 0.15) is 0 Å². The van der Waals surface area contributed by atoms with E-state index in [4.69, 9.17) is 0 Å². The second-order valence-electron chi connectivity index (χ2n) is 5.30. The molecule has 88 valence electrons. The van der Waals surface area contributed by atoms with Crippen molar-refractivity contribution in [2.45, 2.75) is 52.9 Å². The number of hydrogen-bond acceptors (Lipinski definition) is 1. The number of carbonyl (C=O) groups excluding carboxylic acids is 1. The van der Waals surface area contributed by atoms with Crippen molar-refractivity contribution in [3.8, 4) is 0 Å². The van der Waals surface area contributed by atoms with Crippen molar-refractivity contribution < 1.29 is 4.79 Å². The SMILES string of the molecule is CC(=O)N(CCCCC(C)C)CC1CC1. The van der Waals surface area contributed by atoms with E-state index >= 15 is 0 Å². The van der Waals surface area contributed by atoms with Crippen molar-refractivity contribution >= 4 is 5.91 Å². The van der Waals surface area contributed by atoms with E-state index in [1.165, 1.54) is 32.1 Å². The molecule has 2 nitrogen and oxygen atoms in total. The largest absolute Gasteiger partial charge is 0.343 e. The van der Waals surface area contributed by atoms with Gasteiger partial charge in [-0.05, 0) is 31.1 Å². The van der Waals surface area contributed by atoms with Crippen LogP contribution in [0.25, 0.3) is 0 Å². The van der Waals surface area contributed by atoms with Gasteiger partial charge >= 0.3 is 0 Å². The van der Waals surface area contributed by atoms with Gasteiger partial charge in [-0.1, -0.05) is 26.7 Å². The third-order valence-electron chi connectivity index (χ3n) is 3.08. The predicted octanol–water partition coefficient (Wildman–Crippen LogP) is 3.07. The fourth-order valence-electron chi connectivity index (χ4n) is 1.84. The molecule has 0 spiro atoms. The summed E-state index contributed by atoms with van der Waals surface area (Å²) >= 11 is 0. The number of nitrogens with zero attached hydrogens (tertiary/aromatic N) is 1. The molecular weight excluding hydrogens is 186 g/mol. The Kier molecular flexibility index (Phi) is 5.13. The summed E-state index contributed by atoms with van der Waals surface area (Å²) < 4.78 is 0. The van der Waals surface area contributed by atoms with E-state index in [2.05, 4.69) is 13.8 Å². The van der Waals surface area contributed by atoms with Crippen LogP contribution in [0, 0.1) is 11.8 Å². The molecule has 1 aliphatic carbocycles. The number of unbranched alkanes of at least 4 members (excludes halogenated alkanes) is 1. The molecule has 2 heteroatoms. The summed E-state index contributed by atoms with van der Waals surface area (Å²) in [5.41, 5.74) is 0. The van der Waals surface area contributed by atoms with Gasteiger partial charge in [0.2, 0.25) is 5.91 Å². The van der Waals surface area contributed by atoms with Crippen LogP contribution in [0.2, 0.25) is 0 Å². The first kappa shape index (κ1) is 12.5. The van der Waals surface area contributed by atoms with Crippen molar-refractivity contribution in [2.24, 2.45) is 11.8 Å². The Morgan fingerprint density at radius 1 is 1.33 bits per heavy atom. The summed E-state index contributed by atoms with van der Waals surface area (Å²) in [7, 11) is 0. The lowest BCUT2D eigenvalue weighted by Crippen LogP contribution is -2.31. The molecule has 1 amide bonds. The van der Waals surface area contributed by atoms with Crippen molar-refractivity contribution in [1.29, 1.82) is 0 Å². The highest BCUT2D eigenvalue weighted by atomic mass is 16.2. The zero-order valence-electron chi connectivity index (χ0n) is 10.5. The highest BCUT2D eigenvalue weighted by Crippen LogP contribution is 2.29. The zero-order chi connectivity index (χ0) is 11.3. The van der Waals surface area contributed by atoms with Crippen LogP contribution >= 0.6 is 0 Å². The van der Waals surface area contributed by atoms with Gasteiger partial charge in [0.15, 0.2) is 0 Å². The normalized spacial score (nSPS) is 15.7. The van der Waals surface area contributed by atoms with Gasteiger partial charge in [0, 0.05) is 20.0 Å². The van der Waals surface area contributed by atoms with E-state index in [1.807, 2.05) is 4.90 Å². The fraction of sp³-hybridized carbons (Fsp3) is 0.923. The molecule has 0 aromatic carbocycles. The molecule has 1 rings (SSSR count). The average Bonchev–Trinajstić information content (AvgIpc) is 2.93. The molecule has 1 fully saturated rings. The van der Waals surface area contributed by atoms with Crippen LogP contribution in [0.4, 0.5) is 0 Å². The maximum atomic E-state index is 11.4. The van der Waals surface area contributed by atoms with E-state index < -0.39 is 0 Å². The van der Waals surface area contributed by atoms with Gasteiger partial charge in [0.05, 0.1) is 0 Å². The lowest BCUT2D eigenvalue weighted by atomic mass is 10.1. The highest BCUT2D eigenvalue weighted by Gasteiger charge is 2.24. The molecule has 0 atom stereocenters. The quantitative estimate of drug-likeness (QED) is 0.593. The molecule has 0 heterocycles. The summed E-state index contributed by atoms with van der Waals surface area (Å²) in [5.74, 6) is 1.87. The molecule has 15 heavy (non-hydrogen) atoms. The summed E-state index contributed by atoms with van der Waals surface area (Å²) in [5, 5.41) is 0. The summed E-state index contributed by atoms with van der Waals surface area (Å²) in [6.07, 6.45) is 6.37. The van der Waals surface area contributed by atoms with Crippen LogP contribution in [-0.2, 0) is 4.79 Å². The molecule has 0 aromatic heterocycles. The number of carbonyl (C=O) groups is 1. The monoisotopic (exact) mass is 211 g/mol. The molecule has 0 aliphatic heterocycles.